The molecule has 2 rings (SSSR count). The molecule has 0 aliphatic heterocycles. The number of hydrogen-bond acceptors (Lipinski definition) is 2. The highest BCUT2D eigenvalue weighted by Gasteiger charge is 2.18. The largest absolute Gasteiger partial charge is 0.294 e. The Morgan fingerprint density at radius 1 is 1.05 bits per heavy atom. The first-order valence-corrected chi connectivity index (χ1v) is 6.58. The maximum Gasteiger partial charge on any atom is 0.167 e. The standard InChI is InChI=1S/C17H14F3NO/c1-9-5-16(21-3)10(2)4-12(9)17(22)8-13-14(19)6-11(18)7-15(13)20/h4-7H,3,8H2,1-2H3. The number of rotatable bonds is 4. The molecule has 0 radical (unpaired) electrons. The second kappa shape index (κ2) is 6.13. The molecule has 2 aromatic carbocycles. The number of carbonyl (C=O) groups is 1. The van der Waals surface area contributed by atoms with Gasteiger partial charge in [0.1, 0.15) is 17.5 Å². The quantitative estimate of drug-likeness (QED) is 0.605. The predicted molar refractivity (Wildman–Crippen MR) is 79.5 cm³/mol. The molecule has 0 unspecified atom stereocenters. The van der Waals surface area contributed by atoms with Crippen LogP contribution in [0.5, 0.6) is 0 Å². The Morgan fingerprint density at radius 3 is 2.18 bits per heavy atom. The number of benzene rings is 2. The summed E-state index contributed by atoms with van der Waals surface area (Å²) in [6, 6.07) is 4.43. The maximum absolute atomic E-state index is 13.6. The van der Waals surface area contributed by atoms with Crippen LogP contribution in [0.25, 0.3) is 0 Å². The van der Waals surface area contributed by atoms with E-state index >= 15 is 0 Å². The Morgan fingerprint density at radius 2 is 1.64 bits per heavy atom. The van der Waals surface area contributed by atoms with Crippen molar-refractivity contribution >= 4 is 18.2 Å². The van der Waals surface area contributed by atoms with Crippen LogP contribution in [-0.2, 0) is 6.42 Å². The van der Waals surface area contributed by atoms with Crippen LogP contribution in [0, 0.1) is 31.3 Å². The van der Waals surface area contributed by atoms with Gasteiger partial charge in [0.2, 0.25) is 0 Å². The monoisotopic (exact) mass is 305 g/mol. The first-order valence-electron chi connectivity index (χ1n) is 6.58. The molecule has 2 nitrogen and oxygen atoms in total. The van der Waals surface area contributed by atoms with Crippen molar-refractivity contribution in [3.8, 4) is 0 Å². The lowest BCUT2D eigenvalue weighted by molar-refractivity contribution is 0.0990. The van der Waals surface area contributed by atoms with E-state index in [1.807, 2.05) is 0 Å². The van der Waals surface area contributed by atoms with Gasteiger partial charge in [-0.25, -0.2) is 13.2 Å². The van der Waals surface area contributed by atoms with Gasteiger partial charge in [-0.15, -0.1) is 0 Å². The van der Waals surface area contributed by atoms with E-state index in [9.17, 15) is 18.0 Å². The Bertz CT molecular complexity index is 746. The summed E-state index contributed by atoms with van der Waals surface area (Å²) in [4.78, 5) is 16.1. The van der Waals surface area contributed by atoms with E-state index in [4.69, 9.17) is 0 Å². The SMILES string of the molecule is C=Nc1cc(C)c(C(=O)Cc2c(F)cc(F)cc2F)cc1C. The fourth-order valence-corrected chi connectivity index (χ4v) is 2.27. The van der Waals surface area contributed by atoms with Crippen LogP contribution in [0.3, 0.4) is 0 Å². The molecule has 0 aliphatic rings. The van der Waals surface area contributed by atoms with Crippen LogP contribution < -0.4 is 0 Å². The van der Waals surface area contributed by atoms with Gasteiger partial charge in [-0.05, 0) is 43.8 Å². The number of carbonyl (C=O) groups excluding carboxylic acids is 1. The third-order valence-electron chi connectivity index (χ3n) is 3.46. The van der Waals surface area contributed by atoms with E-state index in [-0.39, 0.29) is 0 Å². The molecule has 0 saturated heterocycles. The molecule has 0 bridgehead atoms. The molecule has 0 N–H and O–H groups in total. The van der Waals surface area contributed by atoms with Gasteiger partial charge in [0, 0.05) is 29.7 Å². The summed E-state index contributed by atoms with van der Waals surface area (Å²) in [5.41, 5.74) is 1.94. The summed E-state index contributed by atoms with van der Waals surface area (Å²) in [6.07, 6.45) is -0.473. The summed E-state index contributed by atoms with van der Waals surface area (Å²) >= 11 is 0. The lowest BCUT2D eigenvalue weighted by Crippen LogP contribution is -2.09. The van der Waals surface area contributed by atoms with Crippen LogP contribution in [0.15, 0.2) is 29.3 Å². The summed E-state index contributed by atoms with van der Waals surface area (Å²) in [6.45, 7) is 6.91. The van der Waals surface area contributed by atoms with Crippen molar-refractivity contribution in [2.24, 2.45) is 4.99 Å². The van der Waals surface area contributed by atoms with Gasteiger partial charge in [0.05, 0.1) is 5.69 Å². The number of nitrogens with zero attached hydrogens (tertiary/aromatic N) is 1. The third-order valence-corrected chi connectivity index (χ3v) is 3.46. The van der Waals surface area contributed by atoms with Gasteiger partial charge in [0.15, 0.2) is 5.78 Å². The summed E-state index contributed by atoms with van der Waals surface area (Å²) in [5, 5.41) is 0. The minimum atomic E-state index is -1.07. The lowest BCUT2D eigenvalue weighted by atomic mass is 9.96. The van der Waals surface area contributed by atoms with E-state index in [1.165, 1.54) is 0 Å². The maximum atomic E-state index is 13.6. The molecular weight excluding hydrogens is 291 g/mol. The van der Waals surface area contributed by atoms with Crippen molar-refractivity contribution < 1.29 is 18.0 Å². The highest BCUT2D eigenvalue weighted by Crippen LogP contribution is 2.25. The predicted octanol–water partition coefficient (Wildman–Crippen LogP) is 4.48. The van der Waals surface area contributed by atoms with Gasteiger partial charge >= 0.3 is 0 Å². The fourth-order valence-electron chi connectivity index (χ4n) is 2.27. The van der Waals surface area contributed by atoms with Crippen LogP contribution >= 0.6 is 0 Å². The normalized spacial score (nSPS) is 10.6. The van der Waals surface area contributed by atoms with Gasteiger partial charge < -0.3 is 0 Å². The lowest BCUT2D eigenvalue weighted by Gasteiger charge is -2.10. The number of hydrogen-bond donors (Lipinski definition) is 0. The number of Topliss-reactive ketones (excluding diaryl/α,β-unsaturated/α-hetero) is 1. The van der Waals surface area contributed by atoms with Crippen molar-refractivity contribution in [1.82, 2.24) is 0 Å². The van der Waals surface area contributed by atoms with Crippen LogP contribution in [0.4, 0.5) is 18.9 Å². The second-order valence-electron chi connectivity index (χ2n) is 5.06. The van der Waals surface area contributed by atoms with Crippen LogP contribution in [0.2, 0.25) is 0 Å². The zero-order valence-corrected chi connectivity index (χ0v) is 12.2. The van der Waals surface area contributed by atoms with E-state index in [1.54, 1.807) is 26.0 Å². The fraction of sp³-hybridized carbons (Fsp3) is 0.176. The van der Waals surface area contributed by atoms with Crippen molar-refractivity contribution in [3.63, 3.8) is 0 Å². The zero-order valence-electron chi connectivity index (χ0n) is 12.2. The van der Waals surface area contributed by atoms with Crippen molar-refractivity contribution in [2.45, 2.75) is 20.3 Å². The average Bonchev–Trinajstić information content (AvgIpc) is 2.44. The van der Waals surface area contributed by atoms with E-state index in [2.05, 4.69) is 11.7 Å². The molecule has 22 heavy (non-hydrogen) atoms. The molecule has 0 fully saturated rings. The molecule has 0 amide bonds. The first kappa shape index (κ1) is 15.9. The van der Waals surface area contributed by atoms with Gasteiger partial charge in [0.25, 0.3) is 0 Å². The van der Waals surface area contributed by atoms with Gasteiger partial charge in [-0.2, -0.15) is 0 Å². The van der Waals surface area contributed by atoms with E-state index in [0.717, 1.165) is 5.56 Å². The molecule has 0 heterocycles. The Balaban J connectivity index is 2.38. The first-order chi connectivity index (χ1) is 10.3. The van der Waals surface area contributed by atoms with Gasteiger partial charge in [-0.1, -0.05) is 0 Å². The highest BCUT2D eigenvalue weighted by atomic mass is 19.1. The van der Waals surface area contributed by atoms with Gasteiger partial charge in [-0.3, -0.25) is 9.79 Å². The minimum absolute atomic E-state index is 0.355. The topological polar surface area (TPSA) is 29.4 Å². The Hall–Kier alpha value is -2.43. The van der Waals surface area contributed by atoms with Crippen molar-refractivity contribution in [1.29, 1.82) is 0 Å². The average molecular weight is 305 g/mol. The van der Waals surface area contributed by atoms with Crippen LogP contribution in [0.1, 0.15) is 27.0 Å². The Labute approximate surface area is 126 Å². The van der Waals surface area contributed by atoms with E-state index < -0.39 is 35.2 Å². The molecule has 2 aromatic rings. The smallest absolute Gasteiger partial charge is 0.167 e. The number of ketones is 1. The molecule has 114 valence electrons. The highest BCUT2D eigenvalue weighted by molar-refractivity contribution is 5.99. The minimum Gasteiger partial charge on any atom is -0.294 e. The zero-order chi connectivity index (χ0) is 16.4. The Kier molecular flexibility index (Phi) is 4.45. The molecular formula is C17H14F3NO. The molecule has 0 atom stereocenters. The summed E-state index contributed by atoms with van der Waals surface area (Å²) in [5.74, 6) is -3.59. The van der Waals surface area contributed by atoms with Crippen LogP contribution in [-0.4, -0.2) is 12.5 Å². The molecule has 5 heteroatoms. The number of aryl methyl sites for hydroxylation is 2. The summed E-state index contributed by atoms with van der Waals surface area (Å²) < 4.78 is 40.1. The van der Waals surface area contributed by atoms with Crippen molar-refractivity contribution in [2.75, 3.05) is 0 Å². The molecule has 0 aliphatic carbocycles. The van der Waals surface area contributed by atoms with Crippen molar-refractivity contribution in [3.05, 3.63) is 64.0 Å². The number of aliphatic imine (C=N–C) groups is 1. The molecule has 0 aromatic heterocycles. The second-order valence-corrected chi connectivity index (χ2v) is 5.06. The molecule has 0 saturated carbocycles. The summed E-state index contributed by atoms with van der Waals surface area (Å²) in [7, 11) is 0. The third kappa shape index (κ3) is 3.08. The number of halogens is 3. The van der Waals surface area contributed by atoms with E-state index in [0.29, 0.717) is 28.9 Å². The molecule has 0 spiro atoms.